The summed E-state index contributed by atoms with van der Waals surface area (Å²) >= 11 is 0. The summed E-state index contributed by atoms with van der Waals surface area (Å²) < 4.78 is 6.24. The van der Waals surface area contributed by atoms with Gasteiger partial charge < -0.3 is 4.74 Å². The minimum Gasteiger partial charge on any atom is -0.485 e. The van der Waals surface area contributed by atoms with Gasteiger partial charge in [-0.1, -0.05) is 56.7 Å². The molecule has 0 saturated heterocycles. The molecule has 0 spiro atoms. The molecule has 2 atom stereocenters. The lowest BCUT2D eigenvalue weighted by atomic mass is 9.74. The van der Waals surface area contributed by atoms with Gasteiger partial charge >= 0.3 is 0 Å². The van der Waals surface area contributed by atoms with Crippen LogP contribution in [0.15, 0.2) is 47.6 Å². The second-order valence-corrected chi connectivity index (χ2v) is 6.17. The normalized spacial score (nSPS) is 27.6. The van der Waals surface area contributed by atoms with Gasteiger partial charge in [-0.3, -0.25) is 0 Å². The summed E-state index contributed by atoms with van der Waals surface area (Å²) in [4.78, 5) is 0. The number of ether oxygens (including phenoxy) is 1. The van der Waals surface area contributed by atoms with Crippen LogP contribution in [0.25, 0.3) is 0 Å². The zero-order valence-electron chi connectivity index (χ0n) is 12.2. The Morgan fingerprint density at radius 2 is 2.00 bits per heavy atom. The Kier molecular flexibility index (Phi) is 2.81. The fourth-order valence-corrected chi connectivity index (χ4v) is 3.51. The number of benzene rings is 1. The van der Waals surface area contributed by atoms with Crippen molar-refractivity contribution in [3.05, 3.63) is 53.1 Å². The summed E-state index contributed by atoms with van der Waals surface area (Å²) in [7, 11) is 0. The molecular weight excluding hydrogens is 232 g/mol. The molecule has 1 aromatic carbocycles. The molecule has 0 fully saturated rings. The molecule has 0 amide bonds. The lowest BCUT2D eigenvalue weighted by Crippen LogP contribution is -2.24. The molecule has 1 aromatic rings. The van der Waals surface area contributed by atoms with Gasteiger partial charge in [0.05, 0.1) is 0 Å². The van der Waals surface area contributed by atoms with Crippen molar-refractivity contribution in [1.29, 1.82) is 0 Å². The first-order valence-electron chi connectivity index (χ1n) is 7.20. The van der Waals surface area contributed by atoms with Crippen molar-refractivity contribution >= 4 is 0 Å². The van der Waals surface area contributed by atoms with Gasteiger partial charge in [0.15, 0.2) is 0 Å². The van der Waals surface area contributed by atoms with E-state index in [2.05, 4.69) is 64.1 Å². The fourth-order valence-electron chi connectivity index (χ4n) is 3.51. The van der Waals surface area contributed by atoms with E-state index >= 15 is 0 Å². The molecule has 0 bridgehead atoms. The Hall–Kier alpha value is -1.50. The van der Waals surface area contributed by atoms with Crippen LogP contribution in [-0.4, -0.2) is 6.10 Å². The molecule has 1 heteroatoms. The molecule has 1 nitrogen and oxygen atoms in total. The molecule has 2 unspecified atom stereocenters. The van der Waals surface area contributed by atoms with E-state index in [1.807, 2.05) is 0 Å². The highest BCUT2D eigenvalue weighted by Crippen LogP contribution is 2.58. The summed E-state index contributed by atoms with van der Waals surface area (Å²) in [6.45, 7) is 9.13. The fraction of sp³-hybridized carbons (Fsp3) is 0.444. The summed E-state index contributed by atoms with van der Waals surface area (Å²) in [6.07, 6.45) is 5.79. The largest absolute Gasteiger partial charge is 0.485 e. The van der Waals surface area contributed by atoms with Crippen molar-refractivity contribution in [2.75, 3.05) is 0 Å². The molecule has 0 aromatic heterocycles. The maximum atomic E-state index is 6.24. The third-order valence-electron chi connectivity index (χ3n) is 4.83. The van der Waals surface area contributed by atoms with Gasteiger partial charge in [-0.25, -0.2) is 0 Å². The van der Waals surface area contributed by atoms with E-state index in [0.717, 1.165) is 12.2 Å². The highest BCUT2D eigenvalue weighted by molar-refractivity contribution is 5.53. The van der Waals surface area contributed by atoms with Crippen LogP contribution in [-0.2, 0) is 0 Å². The molecular formula is C18H22O. The lowest BCUT2D eigenvalue weighted by molar-refractivity contribution is 0.216. The topological polar surface area (TPSA) is 9.23 Å². The van der Waals surface area contributed by atoms with Crippen molar-refractivity contribution in [1.82, 2.24) is 0 Å². The molecule has 1 heterocycles. The molecule has 19 heavy (non-hydrogen) atoms. The standard InChI is InChI=1S/C18H22O/c1-5-6-9-13-12(2)18(3,4)16-14-10-7-8-11-15(14)19-17(13)16/h6-11,16-17H,5H2,1-4H3/b9-6-. The maximum Gasteiger partial charge on any atom is 0.131 e. The van der Waals surface area contributed by atoms with Gasteiger partial charge in [0.25, 0.3) is 0 Å². The Bertz CT molecular complexity index is 563. The highest BCUT2D eigenvalue weighted by Gasteiger charge is 2.51. The molecule has 1 aliphatic carbocycles. The highest BCUT2D eigenvalue weighted by atomic mass is 16.5. The minimum atomic E-state index is 0.171. The van der Waals surface area contributed by atoms with Crippen LogP contribution < -0.4 is 4.74 Å². The summed E-state index contributed by atoms with van der Waals surface area (Å²) in [5, 5.41) is 0. The SMILES string of the molecule is CC/C=C\C1=C(C)C(C)(C)C2c3ccccc3OC12. The number of fused-ring (bicyclic) bond motifs is 3. The zero-order valence-corrected chi connectivity index (χ0v) is 12.2. The molecule has 3 rings (SSSR count). The van der Waals surface area contributed by atoms with Crippen LogP contribution in [0.3, 0.4) is 0 Å². The predicted molar refractivity (Wildman–Crippen MR) is 79.5 cm³/mol. The molecule has 1 aliphatic heterocycles. The molecule has 100 valence electrons. The van der Waals surface area contributed by atoms with Gasteiger partial charge in [0.1, 0.15) is 11.9 Å². The molecule has 0 saturated carbocycles. The number of hydrogen-bond donors (Lipinski definition) is 0. The first kappa shape index (κ1) is 12.5. The van der Waals surface area contributed by atoms with E-state index in [0.29, 0.717) is 5.92 Å². The average Bonchev–Trinajstić information content (AvgIpc) is 2.85. The Morgan fingerprint density at radius 1 is 1.26 bits per heavy atom. The van der Waals surface area contributed by atoms with Crippen molar-refractivity contribution < 1.29 is 4.74 Å². The Morgan fingerprint density at radius 3 is 2.74 bits per heavy atom. The minimum absolute atomic E-state index is 0.171. The number of allylic oxidation sites excluding steroid dienone is 2. The van der Waals surface area contributed by atoms with Gasteiger partial charge in [-0.15, -0.1) is 0 Å². The summed E-state index contributed by atoms with van der Waals surface area (Å²) in [5.41, 5.74) is 4.40. The van der Waals surface area contributed by atoms with E-state index in [9.17, 15) is 0 Å². The zero-order chi connectivity index (χ0) is 13.6. The first-order valence-corrected chi connectivity index (χ1v) is 7.20. The molecule has 2 aliphatic rings. The Balaban J connectivity index is 2.09. The molecule has 0 radical (unpaired) electrons. The van der Waals surface area contributed by atoms with Crippen LogP contribution in [0.5, 0.6) is 5.75 Å². The average molecular weight is 254 g/mol. The van der Waals surface area contributed by atoms with E-state index in [-0.39, 0.29) is 11.5 Å². The molecule has 0 N–H and O–H groups in total. The van der Waals surface area contributed by atoms with E-state index in [1.165, 1.54) is 16.7 Å². The smallest absolute Gasteiger partial charge is 0.131 e. The monoisotopic (exact) mass is 254 g/mol. The van der Waals surface area contributed by atoms with Crippen molar-refractivity contribution in [2.24, 2.45) is 5.41 Å². The van der Waals surface area contributed by atoms with Crippen molar-refractivity contribution in [3.8, 4) is 5.75 Å². The van der Waals surface area contributed by atoms with Crippen LogP contribution in [0.1, 0.15) is 45.6 Å². The van der Waals surface area contributed by atoms with Gasteiger partial charge in [0.2, 0.25) is 0 Å². The van der Waals surface area contributed by atoms with Gasteiger partial charge in [-0.05, 0) is 30.4 Å². The first-order chi connectivity index (χ1) is 9.07. The van der Waals surface area contributed by atoms with Crippen LogP contribution in [0.4, 0.5) is 0 Å². The second-order valence-electron chi connectivity index (χ2n) is 6.17. The van der Waals surface area contributed by atoms with Crippen molar-refractivity contribution in [3.63, 3.8) is 0 Å². The van der Waals surface area contributed by atoms with Crippen LogP contribution >= 0.6 is 0 Å². The quantitative estimate of drug-likeness (QED) is 0.732. The summed E-state index contributed by atoms with van der Waals surface area (Å²) in [5.74, 6) is 1.53. The summed E-state index contributed by atoms with van der Waals surface area (Å²) in [6, 6.07) is 8.50. The van der Waals surface area contributed by atoms with E-state index < -0.39 is 0 Å². The predicted octanol–water partition coefficient (Wildman–Crippen LogP) is 4.85. The third kappa shape index (κ3) is 1.68. The maximum absolute atomic E-state index is 6.24. The third-order valence-corrected chi connectivity index (χ3v) is 4.83. The van der Waals surface area contributed by atoms with Gasteiger partial charge in [0, 0.05) is 11.5 Å². The number of para-hydroxylation sites is 1. The number of rotatable bonds is 2. The van der Waals surface area contributed by atoms with E-state index in [4.69, 9.17) is 4.74 Å². The van der Waals surface area contributed by atoms with Crippen LogP contribution in [0, 0.1) is 5.41 Å². The van der Waals surface area contributed by atoms with Gasteiger partial charge in [-0.2, -0.15) is 0 Å². The van der Waals surface area contributed by atoms with Crippen molar-refractivity contribution in [2.45, 2.75) is 46.1 Å². The van der Waals surface area contributed by atoms with Crippen LogP contribution in [0.2, 0.25) is 0 Å². The Labute approximate surface area is 116 Å². The van der Waals surface area contributed by atoms with E-state index in [1.54, 1.807) is 0 Å². The number of hydrogen-bond acceptors (Lipinski definition) is 1. The second kappa shape index (κ2) is 4.26. The lowest BCUT2D eigenvalue weighted by Gasteiger charge is -2.28.